The SMILES string of the molecule is CCC(=Cc1ccc(OC)c(Br)c1)CNC. The van der Waals surface area contributed by atoms with Crippen LogP contribution in [-0.2, 0) is 0 Å². The van der Waals surface area contributed by atoms with Gasteiger partial charge in [0.25, 0.3) is 0 Å². The molecule has 0 saturated carbocycles. The first-order chi connectivity index (χ1) is 7.71. The van der Waals surface area contributed by atoms with E-state index in [1.165, 1.54) is 11.1 Å². The summed E-state index contributed by atoms with van der Waals surface area (Å²) in [5.74, 6) is 0.865. The number of benzene rings is 1. The van der Waals surface area contributed by atoms with Gasteiger partial charge in [0.1, 0.15) is 5.75 Å². The maximum absolute atomic E-state index is 5.20. The molecule has 0 aromatic heterocycles. The molecule has 1 aromatic rings. The van der Waals surface area contributed by atoms with E-state index in [0.717, 1.165) is 23.2 Å². The third kappa shape index (κ3) is 3.65. The lowest BCUT2D eigenvalue weighted by Gasteiger charge is -2.06. The predicted octanol–water partition coefficient (Wildman–Crippen LogP) is 3.47. The van der Waals surface area contributed by atoms with Crippen molar-refractivity contribution < 1.29 is 4.74 Å². The van der Waals surface area contributed by atoms with E-state index in [1.54, 1.807) is 7.11 Å². The van der Waals surface area contributed by atoms with Gasteiger partial charge in [-0.1, -0.05) is 24.6 Å². The van der Waals surface area contributed by atoms with Gasteiger partial charge in [0.15, 0.2) is 0 Å². The summed E-state index contributed by atoms with van der Waals surface area (Å²) in [4.78, 5) is 0. The molecule has 0 aliphatic carbocycles. The molecule has 0 amide bonds. The highest BCUT2D eigenvalue weighted by atomic mass is 79.9. The molecular weight excluding hydrogens is 266 g/mol. The molecule has 0 saturated heterocycles. The summed E-state index contributed by atoms with van der Waals surface area (Å²) in [5.41, 5.74) is 2.58. The van der Waals surface area contributed by atoms with Crippen molar-refractivity contribution in [3.63, 3.8) is 0 Å². The van der Waals surface area contributed by atoms with E-state index >= 15 is 0 Å². The molecule has 0 spiro atoms. The molecule has 0 unspecified atom stereocenters. The third-order valence-corrected chi connectivity index (χ3v) is 3.02. The lowest BCUT2D eigenvalue weighted by atomic mass is 10.1. The van der Waals surface area contributed by atoms with Gasteiger partial charge in [0.05, 0.1) is 11.6 Å². The monoisotopic (exact) mass is 283 g/mol. The van der Waals surface area contributed by atoms with E-state index in [4.69, 9.17) is 4.74 Å². The quantitative estimate of drug-likeness (QED) is 0.894. The number of halogens is 1. The normalized spacial score (nSPS) is 11.6. The lowest BCUT2D eigenvalue weighted by Crippen LogP contribution is -2.09. The zero-order chi connectivity index (χ0) is 12.0. The van der Waals surface area contributed by atoms with Gasteiger partial charge in [-0.25, -0.2) is 0 Å². The van der Waals surface area contributed by atoms with E-state index in [1.807, 2.05) is 13.1 Å². The van der Waals surface area contributed by atoms with Crippen LogP contribution in [0.1, 0.15) is 18.9 Å². The largest absolute Gasteiger partial charge is 0.496 e. The summed E-state index contributed by atoms with van der Waals surface area (Å²) in [7, 11) is 3.64. The molecule has 1 aromatic carbocycles. The van der Waals surface area contributed by atoms with E-state index in [-0.39, 0.29) is 0 Å². The second-order valence-corrected chi connectivity index (χ2v) is 4.43. The fourth-order valence-electron chi connectivity index (χ4n) is 1.51. The van der Waals surface area contributed by atoms with Crippen LogP contribution in [0.15, 0.2) is 28.2 Å². The Bertz CT molecular complexity index is 374. The first-order valence-electron chi connectivity index (χ1n) is 5.38. The van der Waals surface area contributed by atoms with Crippen molar-refractivity contribution in [1.29, 1.82) is 0 Å². The smallest absolute Gasteiger partial charge is 0.133 e. The first kappa shape index (κ1) is 13.3. The highest BCUT2D eigenvalue weighted by molar-refractivity contribution is 9.10. The fourth-order valence-corrected chi connectivity index (χ4v) is 2.07. The molecule has 0 aliphatic rings. The number of nitrogens with one attached hydrogen (secondary N) is 1. The van der Waals surface area contributed by atoms with Crippen LogP contribution >= 0.6 is 15.9 Å². The Labute approximate surface area is 106 Å². The Balaban J connectivity index is 2.92. The maximum Gasteiger partial charge on any atom is 0.133 e. The molecule has 3 heteroatoms. The van der Waals surface area contributed by atoms with Crippen LogP contribution < -0.4 is 10.1 Å². The zero-order valence-corrected chi connectivity index (χ0v) is 11.6. The molecule has 1 rings (SSSR count). The molecule has 0 atom stereocenters. The summed E-state index contributed by atoms with van der Waals surface area (Å²) in [6, 6.07) is 6.11. The van der Waals surface area contributed by atoms with Crippen molar-refractivity contribution >= 4 is 22.0 Å². The van der Waals surface area contributed by atoms with Gasteiger partial charge in [-0.2, -0.15) is 0 Å². The molecule has 0 aliphatic heterocycles. The molecule has 0 fully saturated rings. The molecule has 0 radical (unpaired) electrons. The van der Waals surface area contributed by atoms with E-state index < -0.39 is 0 Å². The minimum absolute atomic E-state index is 0.865. The molecule has 16 heavy (non-hydrogen) atoms. The summed E-state index contributed by atoms with van der Waals surface area (Å²) in [5, 5.41) is 3.17. The van der Waals surface area contributed by atoms with Gasteiger partial charge in [-0.15, -0.1) is 0 Å². The summed E-state index contributed by atoms with van der Waals surface area (Å²) in [6.45, 7) is 3.10. The third-order valence-electron chi connectivity index (χ3n) is 2.40. The van der Waals surface area contributed by atoms with Crippen LogP contribution in [-0.4, -0.2) is 20.7 Å². The van der Waals surface area contributed by atoms with Crippen LogP contribution in [0, 0.1) is 0 Å². The van der Waals surface area contributed by atoms with Crippen molar-refractivity contribution in [3.05, 3.63) is 33.8 Å². The summed E-state index contributed by atoms with van der Waals surface area (Å²) >= 11 is 3.49. The van der Waals surface area contributed by atoms with Crippen molar-refractivity contribution in [1.82, 2.24) is 5.32 Å². The van der Waals surface area contributed by atoms with Gasteiger partial charge in [0.2, 0.25) is 0 Å². The van der Waals surface area contributed by atoms with Crippen LogP contribution in [0.4, 0.5) is 0 Å². The Morgan fingerprint density at radius 2 is 2.25 bits per heavy atom. The van der Waals surface area contributed by atoms with Gasteiger partial charge in [-0.3, -0.25) is 0 Å². The van der Waals surface area contributed by atoms with E-state index in [2.05, 4.69) is 46.4 Å². The Kier molecular flexibility index (Phi) is 5.56. The maximum atomic E-state index is 5.20. The van der Waals surface area contributed by atoms with E-state index in [9.17, 15) is 0 Å². The number of hydrogen-bond acceptors (Lipinski definition) is 2. The Hall–Kier alpha value is -0.800. The summed E-state index contributed by atoms with van der Waals surface area (Å²) < 4.78 is 6.19. The highest BCUT2D eigenvalue weighted by Crippen LogP contribution is 2.26. The molecular formula is C13H18BrNO. The number of ether oxygens (including phenoxy) is 1. The first-order valence-corrected chi connectivity index (χ1v) is 6.18. The standard InChI is InChI=1S/C13H18BrNO/c1-4-10(9-15-2)7-11-5-6-13(16-3)12(14)8-11/h5-8,15H,4,9H2,1-3H3. The molecule has 88 valence electrons. The average Bonchev–Trinajstić information content (AvgIpc) is 2.28. The van der Waals surface area contributed by atoms with Crippen molar-refractivity contribution in [2.45, 2.75) is 13.3 Å². The Morgan fingerprint density at radius 3 is 2.75 bits per heavy atom. The van der Waals surface area contributed by atoms with Crippen molar-refractivity contribution in [2.24, 2.45) is 0 Å². The number of likely N-dealkylation sites (N-methyl/N-ethyl adjacent to an activating group) is 1. The van der Waals surface area contributed by atoms with Crippen LogP contribution in [0.2, 0.25) is 0 Å². The van der Waals surface area contributed by atoms with Gasteiger partial charge >= 0.3 is 0 Å². The molecule has 2 nitrogen and oxygen atoms in total. The second kappa shape index (κ2) is 6.71. The number of methoxy groups -OCH3 is 1. The molecule has 1 N–H and O–H groups in total. The van der Waals surface area contributed by atoms with E-state index in [0.29, 0.717) is 0 Å². The van der Waals surface area contributed by atoms with Gasteiger partial charge < -0.3 is 10.1 Å². The molecule has 0 bridgehead atoms. The lowest BCUT2D eigenvalue weighted by molar-refractivity contribution is 0.412. The summed E-state index contributed by atoms with van der Waals surface area (Å²) in [6.07, 6.45) is 3.27. The van der Waals surface area contributed by atoms with Crippen LogP contribution in [0.25, 0.3) is 6.08 Å². The average molecular weight is 284 g/mol. The second-order valence-electron chi connectivity index (χ2n) is 3.58. The Morgan fingerprint density at radius 1 is 1.50 bits per heavy atom. The van der Waals surface area contributed by atoms with Crippen molar-refractivity contribution in [2.75, 3.05) is 20.7 Å². The van der Waals surface area contributed by atoms with Gasteiger partial charge in [-0.05, 0) is 47.1 Å². The predicted molar refractivity (Wildman–Crippen MR) is 72.9 cm³/mol. The minimum Gasteiger partial charge on any atom is -0.496 e. The van der Waals surface area contributed by atoms with Crippen molar-refractivity contribution in [3.8, 4) is 5.75 Å². The number of rotatable bonds is 5. The minimum atomic E-state index is 0.865. The topological polar surface area (TPSA) is 21.3 Å². The highest BCUT2D eigenvalue weighted by Gasteiger charge is 2.00. The zero-order valence-electron chi connectivity index (χ0n) is 10.0. The number of hydrogen-bond donors (Lipinski definition) is 1. The van der Waals surface area contributed by atoms with Gasteiger partial charge in [0, 0.05) is 6.54 Å². The fraction of sp³-hybridized carbons (Fsp3) is 0.385. The van der Waals surface area contributed by atoms with Crippen LogP contribution in [0.3, 0.4) is 0 Å². The van der Waals surface area contributed by atoms with Crippen LogP contribution in [0.5, 0.6) is 5.75 Å². The molecule has 0 heterocycles.